The molecule has 8 rings (SSSR count). The normalized spacial score (nSPS) is 16.2. The highest BCUT2D eigenvalue weighted by molar-refractivity contribution is 7.23. The molecular weight excluding hydrogens is 788 g/mol. The Kier molecular flexibility index (Phi) is 11.4. The lowest BCUT2D eigenvalue weighted by molar-refractivity contribution is 0.0217. The van der Waals surface area contributed by atoms with Crippen LogP contribution in [0.1, 0.15) is 97.5 Å². The molecule has 60 heavy (non-hydrogen) atoms. The van der Waals surface area contributed by atoms with Crippen LogP contribution in [-0.2, 0) is 28.7 Å². The van der Waals surface area contributed by atoms with E-state index in [1.165, 1.54) is 36.1 Å². The summed E-state index contributed by atoms with van der Waals surface area (Å²) in [6.45, 7) is 7.70. The molecule has 0 bridgehead atoms. The molecule has 0 radical (unpaired) electrons. The van der Waals surface area contributed by atoms with Gasteiger partial charge in [-0.25, -0.2) is 19.0 Å². The minimum Gasteiger partial charge on any atom is -0.496 e. The standard InChI is InChI=1S/C45H47FN6O7S/c1-7-57-42(53)37-36(34-24-26-21-22-47-40(39(26)60-34)49-30-20-18-29-28(30)10-8-12-33(29)55-5)35(41-50-43(56-6)51-59-41)31(19-15-25-13-16-27(46)17-14-25)48-38(37)32-11-9-23-52(32)44(54)58-45(2,3)4/h8,10,12-14,16-17,21-22,24,30,32H,7,9,11,15,18-20,23H2,1-6H3,(H,47,49)/t30?,32-/m0/s1. The second kappa shape index (κ2) is 16.9. The van der Waals surface area contributed by atoms with E-state index in [4.69, 9.17) is 33.4 Å². The van der Waals surface area contributed by atoms with Crippen LogP contribution in [0.2, 0.25) is 0 Å². The Labute approximate surface area is 351 Å². The number of nitrogens with one attached hydrogen (secondary N) is 1. The van der Waals surface area contributed by atoms with Crippen LogP contribution in [0.3, 0.4) is 0 Å². The SMILES string of the molecule is CCOC(=O)c1c([C@@H]2CCCN2C(=O)OC(C)(C)C)nc(CCc2ccc(F)cc2)c(-c2nc(OC)no2)c1-c1cc2ccnc(NC3CCc4c(OC)cccc43)c2s1. The van der Waals surface area contributed by atoms with E-state index >= 15 is 0 Å². The van der Waals surface area contributed by atoms with Crippen molar-refractivity contribution in [2.75, 3.05) is 32.7 Å². The van der Waals surface area contributed by atoms with Crippen LogP contribution in [0.5, 0.6) is 11.8 Å². The number of carbonyl (C=O) groups is 2. The molecule has 2 aromatic carbocycles. The second-order valence-electron chi connectivity index (χ2n) is 15.8. The van der Waals surface area contributed by atoms with Crippen molar-refractivity contribution < 1.29 is 37.5 Å². The molecule has 6 aromatic rings. The predicted molar refractivity (Wildman–Crippen MR) is 225 cm³/mol. The van der Waals surface area contributed by atoms with Gasteiger partial charge in [-0.2, -0.15) is 4.98 Å². The molecule has 2 atom stereocenters. The van der Waals surface area contributed by atoms with Gasteiger partial charge in [0.2, 0.25) is 0 Å². The number of benzene rings is 2. The Balaban J connectivity index is 1.35. The number of fused-ring (bicyclic) bond motifs is 2. The van der Waals surface area contributed by atoms with E-state index in [2.05, 4.69) is 21.5 Å². The van der Waals surface area contributed by atoms with E-state index < -0.39 is 23.7 Å². The van der Waals surface area contributed by atoms with E-state index in [1.807, 2.05) is 45.0 Å². The van der Waals surface area contributed by atoms with Crippen LogP contribution in [-0.4, -0.2) is 70.0 Å². The van der Waals surface area contributed by atoms with Crippen molar-refractivity contribution in [3.8, 4) is 33.7 Å². The maximum Gasteiger partial charge on any atom is 0.410 e. The van der Waals surface area contributed by atoms with E-state index in [1.54, 1.807) is 37.3 Å². The summed E-state index contributed by atoms with van der Waals surface area (Å²) >= 11 is 1.46. The third-order valence-corrected chi connectivity index (χ3v) is 12.0. The molecule has 1 unspecified atom stereocenters. The van der Waals surface area contributed by atoms with Crippen molar-refractivity contribution in [2.45, 2.75) is 83.9 Å². The number of rotatable bonds is 12. The Morgan fingerprint density at radius 3 is 2.57 bits per heavy atom. The van der Waals surface area contributed by atoms with Gasteiger partial charge >= 0.3 is 18.1 Å². The average Bonchev–Trinajstić information content (AvgIpc) is 4.06. The Morgan fingerprint density at radius 1 is 1.02 bits per heavy atom. The van der Waals surface area contributed by atoms with Crippen LogP contribution in [0, 0.1) is 5.82 Å². The number of ether oxygens (including phenoxy) is 4. The monoisotopic (exact) mass is 834 g/mol. The van der Waals surface area contributed by atoms with Gasteiger partial charge in [0.1, 0.15) is 23.0 Å². The zero-order valence-corrected chi connectivity index (χ0v) is 35.3. The molecular formula is C45H47FN6O7S. The van der Waals surface area contributed by atoms with Crippen LogP contribution >= 0.6 is 11.3 Å². The number of carbonyl (C=O) groups excluding carboxylic acids is 2. The zero-order chi connectivity index (χ0) is 42.1. The summed E-state index contributed by atoms with van der Waals surface area (Å²) in [5.74, 6) is 0.693. The lowest BCUT2D eigenvalue weighted by atomic mass is 9.91. The largest absolute Gasteiger partial charge is 0.496 e. The van der Waals surface area contributed by atoms with Gasteiger partial charge in [-0.05, 0) is 124 Å². The molecule has 0 saturated carbocycles. The summed E-state index contributed by atoms with van der Waals surface area (Å²) in [6.07, 6.45) is 4.98. The van der Waals surface area contributed by atoms with Gasteiger partial charge in [-0.1, -0.05) is 24.3 Å². The van der Waals surface area contributed by atoms with Crippen LogP contribution in [0.25, 0.3) is 32.0 Å². The van der Waals surface area contributed by atoms with E-state index in [0.29, 0.717) is 65.4 Å². The molecule has 0 spiro atoms. The van der Waals surface area contributed by atoms with Gasteiger partial charge in [0.15, 0.2) is 0 Å². The molecule has 1 N–H and O–H groups in total. The number of halogens is 1. The first-order valence-electron chi connectivity index (χ1n) is 20.1. The third kappa shape index (κ3) is 8.10. The molecule has 13 nitrogen and oxygen atoms in total. The summed E-state index contributed by atoms with van der Waals surface area (Å²) in [5.41, 5.74) is 4.45. The van der Waals surface area contributed by atoms with Gasteiger partial charge in [-0.15, -0.1) is 11.3 Å². The predicted octanol–water partition coefficient (Wildman–Crippen LogP) is 9.70. The van der Waals surface area contributed by atoms with Crippen LogP contribution in [0.15, 0.2) is 65.3 Å². The van der Waals surface area contributed by atoms with Crippen LogP contribution < -0.4 is 14.8 Å². The zero-order valence-electron chi connectivity index (χ0n) is 34.5. The van der Waals surface area contributed by atoms with Crippen molar-refractivity contribution in [1.82, 2.24) is 25.0 Å². The minimum absolute atomic E-state index is 0.00191. The van der Waals surface area contributed by atoms with E-state index in [0.717, 1.165) is 39.8 Å². The Bertz CT molecular complexity index is 2550. The molecule has 1 saturated heterocycles. The maximum atomic E-state index is 14.6. The maximum absolute atomic E-state index is 14.6. The number of hydrogen-bond acceptors (Lipinski definition) is 13. The van der Waals surface area contributed by atoms with Crippen molar-refractivity contribution in [3.63, 3.8) is 0 Å². The van der Waals surface area contributed by atoms with Crippen molar-refractivity contribution in [2.24, 2.45) is 0 Å². The number of esters is 1. The van der Waals surface area contributed by atoms with Crippen molar-refractivity contribution in [3.05, 3.63) is 100 Å². The highest BCUT2D eigenvalue weighted by Crippen LogP contribution is 2.48. The number of hydrogen-bond donors (Lipinski definition) is 1. The van der Waals surface area contributed by atoms with Gasteiger partial charge in [0.05, 0.1) is 60.1 Å². The number of methoxy groups -OCH3 is 2. The Hall–Kier alpha value is -6.09. The number of aryl methyl sites for hydroxylation is 2. The summed E-state index contributed by atoms with van der Waals surface area (Å²) in [6, 6.07) is 15.7. The number of aromatic nitrogens is 4. The molecule has 15 heteroatoms. The molecule has 4 aromatic heterocycles. The topological polar surface area (TPSA) is 151 Å². The van der Waals surface area contributed by atoms with Crippen LogP contribution in [0.4, 0.5) is 15.0 Å². The highest BCUT2D eigenvalue weighted by Gasteiger charge is 2.40. The molecule has 1 aliphatic heterocycles. The lowest BCUT2D eigenvalue weighted by Crippen LogP contribution is -2.37. The quantitative estimate of drug-likeness (QED) is 0.117. The van der Waals surface area contributed by atoms with Gasteiger partial charge in [0, 0.05) is 23.2 Å². The van der Waals surface area contributed by atoms with E-state index in [9.17, 15) is 14.0 Å². The fourth-order valence-corrected chi connectivity index (χ4v) is 9.34. The van der Waals surface area contributed by atoms with Gasteiger partial charge < -0.3 is 28.8 Å². The summed E-state index contributed by atoms with van der Waals surface area (Å²) < 4.78 is 43.5. The summed E-state index contributed by atoms with van der Waals surface area (Å²) in [5, 5.41) is 8.66. The first-order valence-corrected chi connectivity index (χ1v) is 20.9. The average molecular weight is 835 g/mol. The first-order chi connectivity index (χ1) is 29.0. The molecule has 1 aliphatic carbocycles. The van der Waals surface area contributed by atoms with Crippen molar-refractivity contribution >= 4 is 39.3 Å². The summed E-state index contributed by atoms with van der Waals surface area (Å²) in [7, 11) is 3.13. The number of amides is 1. The molecule has 2 aliphatic rings. The number of nitrogens with zero attached hydrogens (tertiary/aromatic N) is 5. The summed E-state index contributed by atoms with van der Waals surface area (Å²) in [4.78, 5) is 45.5. The number of anilines is 1. The lowest BCUT2D eigenvalue weighted by Gasteiger charge is -2.30. The fraction of sp³-hybridized carbons (Fsp3) is 0.378. The van der Waals surface area contributed by atoms with Crippen molar-refractivity contribution in [1.29, 1.82) is 0 Å². The Morgan fingerprint density at radius 2 is 1.83 bits per heavy atom. The second-order valence-corrected chi connectivity index (χ2v) is 16.8. The number of likely N-dealkylation sites (tertiary alicyclic amines) is 1. The highest BCUT2D eigenvalue weighted by atomic mass is 32.1. The molecule has 1 amide bonds. The fourth-order valence-electron chi connectivity index (χ4n) is 8.18. The minimum atomic E-state index is -0.753. The number of thiophene rings is 1. The number of pyridine rings is 2. The van der Waals surface area contributed by atoms with Gasteiger partial charge in [0.25, 0.3) is 5.89 Å². The molecule has 312 valence electrons. The molecule has 1 fully saturated rings. The van der Waals surface area contributed by atoms with Gasteiger partial charge in [-0.3, -0.25) is 9.88 Å². The molecule has 5 heterocycles. The smallest absolute Gasteiger partial charge is 0.410 e. The third-order valence-electron chi connectivity index (χ3n) is 10.8. The first kappa shape index (κ1) is 40.7. The van der Waals surface area contributed by atoms with E-state index in [-0.39, 0.29) is 35.9 Å².